The van der Waals surface area contributed by atoms with Crippen LogP contribution in [0.4, 0.5) is 4.39 Å². The zero-order valence-electron chi connectivity index (χ0n) is 9.60. The van der Waals surface area contributed by atoms with E-state index in [1.165, 1.54) is 0 Å². The maximum Gasteiger partial charge on any atom is 0.167 e. The highest BCUT2D eigenvalue weighted by Crippen LogP contribution is 2.28. The van der Waals surface area contributed by atoms with Crippen LogP contribution in [0.25, 0.3) is 0 Å². The van der Waals surface area contributed by atoms with Crippen molar-refractivity contribution in [1.82, 2.24) is 0 Å². The van der Waals surface area contributed by atoms with Crippen LogP contribution in [0.1, 0.15) is 31.9 Å². The Hall–Kier alpha value is -1.09. The van der Waals surface area contributed by atoms with Crippen molar-refractivity contribution >= 4 is 0 Å². The molecular weight excluding hydrogens is 195 g/mol. The fourth-order valence-electron chi connectivity index (χ4n) is 1.35. The highest BCUT2D eigenvalue weighted by Gasteiger charge is 2.19. The predicted octanol–water partition coefficient (Wildman–Crippen LogP) is 2.76. The molecule has 0 saturated heterocycles. The molecule has 1 aromatic carbocycles. The average molecular weight is 212 g/mol. The van der Waals surface area contributed by atoms with Gasteiger partial charge in [-0.2, -0.15) is 0 Å². The number of aliphatic hydroxyl groups is 1. The number of rotatable bonds is 3. The standard InChI is InChI=1S/C12H17FO2/c1-5-15-10-7-9(12(3,4)14)6-8(2)11(10)13/h6-7,14H,5H2,1-4H3. The van der Waals surface area contributed by atoms with Gasteiger partial charge in [-0.05, 0) is 44.9 Å². The van der Waals surface area contributed by atoms with Gasteiger partial charge in [0.15, 0.2) is 11.6 Å². The Morgan fingerprint density at radius 3 is 2.47 bits per heavy atom. The molecule has 3 heteroatoms. The average Bonchev–Trinajstić information content (AvgIpc) is 2.11. The summed E-state index contributed by atoms with van der Waals surface area (Å²) in [6.07, 6.45) is 0. The van der Waals surface area contributed by atoms with Crippen LogP contribution in [0.5, 0.6) is 5.75 Å². The Bertz CT molecular complexity index is 353. The lowest BCUT2D eigenvalue weighted by molar-refractivity contribution is 0.0780. The van der Waals surface area contributed by atoms with Crippen LogP contribution in [-0.4, -0.2) is 11.7 Å². The minimum Gasteiger partial charge on any atom is -0.491 e. The maximum absolute atomic E-state index is 13.6. The van der Waals surface area contributed by atoms with E-state index in [2.05, 4.69) is 0 Å². The van der Waals surface area contributed by atoms with Crippen molar-refractivity contribution in [1.29, 1.82) is 0 Å². The maximum atomic E-state index is 13.6. The van der Waals surface area contributed by atoms with Gasteiger partial charge in [-0.1, -0.05) is 6.07 Å². The molecule has 0 atom stereocenters. The summed E-state index contributed by atoms with van der Waals surface area (Å²) in [6, 6.07) is 3.18. The van der Waals surface area contributed by atoms with E-state index in [1.807, 2.05) is 0 Å². The van der Waals surface area contributed by atoms with Crippen molar-refractivity contribution in [3.05, 3.63) is 29.1 Å². The number of hydrogen-bond donors (Lipinski definition) is 1. The summed E-state index contributed by atoms with van der Waals surface area (Å²) in [5, 5.41) is 9.82. The summed E-state index contributed by atoms with van der Waals surface area (Å²) in [4.78, 5) is 0. The summed E-state index contributed by atoms with van der Waals surface area (Å²) in [5.74, 6) is -0.153. The smallest absolute Gasteiger partial charge is 0.167 e. The lowest BCUT2D eigenvalue weighted by atomic mass is 9.96. The van der Waals surface area contributed by atoms with E-state index < -0.39 is 5.60 Å². The van der Waals surface area contributed by atoms with Crippen LogP contribution in [-0.2, 0) is 5.60 Å². The van der Waals surface area contributed by atoms with Crippen LogP contribution < -0.4 is 4.74 Å². The van der Waals surface area contributed by atoms with Crippen molar-refractivity contribution in [2.45, 2.75) is 33.3 Å². The van der Waals surface area contributed by atoms with Gasteiger partial charge < -0.3 is 9.84 Å². The normalized spacial score (nSPS) is 11.6. The topological polar surface area (TPSA) is 29.5 Å². The summed E-state index contributed by atoms with van der Waals surface area (Å²) < 4.78 is 18.7. The number of hydrogen-bond acceptors (Lipinski definition) is 2. The fourth-order valence-corrected chi connectivity index (χ4v) is 1.35. The van der Waals surface area contributed by atoms with Gasteiger partial charge >= 0.3 is 0 Å². The zero-order valence-corrected chi connectivity index (χ0v) is 9.60. The Morgan fingerprint density at radius 2 is 2.00 bits per heavy atom. The third-order valence-corrected chi connectivity index (χ3v) is 2.23. The first kappa shape index (κ1) is 12.0. The van der Waals surface area contributed by atoms with Crippen molar-refractivity contribution in [3.8, 4) is 5.75 Å². The molecule has 0 aromatic heterocycles. The van der Waals surface area contributed by atoms with Crippen molar-refractivity contribution in [3.63, 3.8) is 0 Å². The van der Waals surface area contributed by atoms with Crippen LogP contribution in [0.15, 0.2) is 12.1 Å². The molecule has 0 amide bonds. The monoisotopic (exact) mass is 212 g/mol. The SMILES string of the molecule is CCOc1cc(C(C)(C)O)cc(C)c1F. The first-order valence-corrected chi connectivity index (χ1v) is 5.02. The predicted molar refractivity (Wildman–Crippen MR) is 57.6 cm³/mol. The molecule has 0 heterocycles. The molecule has 0 spiro atoms. The summed E-state index contributed by atoms with van der Waals surface area (Å²) in [7, 11) is 0. The van der Waals surface area contributed by atoms with Crippen LogP contribution in [0, 0.1) is 12.7 Å². The molecule has 1 N–H and O–H groups in total. The van der Waals surface area contributed by atoms with Gasteiger partial charge in [0.25, 0.3) is 0 Å². The summed E-state index contributed by atoms with van der Waals surface area (Å²) in [5.41, 5.74) is 0.160. The number of ether oxygens (including phenoxy) is 1. The van der Waals surface area contributed by atoms with Gasteiger partial charge in [-0.3, -0.25) is 0 Å². The van der Waals surface area contributed by atoms with Gasteiger partial charge in [-0.15, -0.1) is 0 Å². The van der Waals surface area contributed by atoms with Gasteiger partial charge in [0.05, 0.1) is 12.2 Å². The third kappa shape index (κ3) is 2.69. The number of benzene rings is 1. The Labute approximate surface area is 89.7 Å². The molecule has 2 nitrogen and oxygen atoms in total. The van der Waals surface area contributed by atoms with E-state index in [-0.39, 0.29) is 11.6 Å². The molecule has 84 valence electrons. The molecular formula is C12H17FO2. The van der Waals surface area contributed by atoms with Crippen molar-refractivity contribution in [2.75, 3.05) is 6.61 Å². The van der Waals surface area contributed by atoms with Gasteiger partial charge in [0.1, 0.15) is 0 Å². The first-order chi connectivity index (χ1) is 6.86. The highest BCUT2D eigenvalue weighted by molar-refractivity contribution is 5.38. The molecule has 0 aliphatic rings. The van der Waals surface area contributed by atoms with E-state index in [4.69, 9.17) is 4.74 Å². The first-order valence-electron chi connectivity index (χ1n) is 5.02. The molecule has 0 fully saturated rings. The third-order valence-electron chi connectivity index (χ3n) is 2.23. The number of halogens is 1. The Balaban J connectivity index is 3.23. The second-order valence-electron chi connectivity index (χ2n) is 4.10. The van der Waals surface area contributed by atoms with Crippen molar-refractivity contribution in [2.24, 2.45) is 0 Å². The van der Waals surface area contributed by atoms with Gasteiger partial charge in [0, 0.05) is 0 Å². The summed E-state index contributed by atoms with van der Waals surface area (Å²) in [6.45, 7) is 7.19. The van der Waals surface area contributed by atoms with Crippen LogP contribution in [0.3, 0.4) is 0 Å². The lowest BCUT2D eigenvalue weighted by Crippen LogP contribution is -2.16. The second-order valence-corrected chi connectivity index (χ2v) is 4.10. The van der Waals surface area contributed by atoms with Gasteiger partial charge in [-0.25, -0.2) is 4.39 Å². The Kier molecular flexibility index (Phi) is 3.35. The van der Waals surface area contributed by atoms with Crippen LogP contribution >= 0.6 is 0 Å². The molecule has 0 unspecified atom stereocenters. The molecule has 0 aliphatic carbocycles. The van der Waals surface area contributed by atoms with E-state index in [0.29, 0.717) is 17.7 Å². The molecule has 15 heavy (non-hydrogen) atoms. The molecule has 0 aliphatic heterocycles. The molecule has 0 bridgehead atoms. The van der Waals surface area contributed by atoms with Gasteiger partial charge in [0.2, 0.25) is 0 Å². The van der Waals surface area contributed by atoms with E-state index in [9.17, 15) is 9.50 Å². The minimum atomic E-state index is -0.982. The fraction of sp³-hybridized carbons (Fsp3) is 0.500. The largest absolute Gasteiger partial charge is 0.491 e. The second kappa shape index (κ2) is 4.19. The molecule has 1 aromatic rings. The summed E-state index contributed by atoms with van der Waals surface area (Å²) >= 11 is 0. The molecule has 0 saturated carbocycles. The van der Waals surface area contributed by atoms with E-state index >= 15 is 0 Å². The Morgan fingerprint density at radius 1 is 1.40 bits per heavy atom. The van der Waals surface area contributed by atoms with E-state index in [1.54, 1.807) is 39.8 Å². The van der Waals surface area contributed by atoms with Crippen LogP contribution in [0.2, 0.25) is 0 Å². The molecule has 0 radical (unpaired) electrons. The molecule has 1 rings (SSSR count). The quantitative estimate of drug-likeness (QED) is 0.834. The highest BCUT2D eigenvalue weighted by atomic mass is 19.1. The number of aryl methyl sites for hydroxylation is 1. The van der Waals surface area contributed by atoms with E-state index in [0.717, 1.165) is 0 Å². The minimum absolute atomic E-state index is 0.203. The van der Waals surface area contributed by atoms with Crippen molar-refractivity contribution < 1.29 is 14.2 Å². The zero-order chi connectivity index (χ0) is 11.6. The lowest BCUT2D eigenvalue weighted by Gasteiger charge is -2.20.